The lowest BCUT2D eigenvalue weighted by Crippen LogP contribution is -2.32. The minimum Gasteiger partial charge on any atom is -0.372 e. The minimum absolute atomic E-state index is 0.119. The molecule has 29 heavy (non-hydrogen) atoms. The molecule has 0 aromatic heterocycles. The van der Waals surface area contributed by atoms with Gasteiger partial charge in [0.1, 0.15) is 5.82 Å². The summed E-state index contributed by atoms with van der Waals surface area (Å²) in [7, 11) is 0. The number of hydrogen-bond acceptors (Lipinski definition) is 3. The zero-order valence-electron chi connectivity index (χ0n) is 16.6. The molecule has 1 atom stereocenters. The Kier molecular flexibility index (Phi) is 5.51. The molecule has 2 aliphatic rings. The van der Waals surface area contributed by atoms with E-state index < -0.39 is 5.92 Å². The van der Waals surface area contributed by atoms with Gasteiger partial charge in [0.2, 0.25) is 11.8 Å². The molecule has 4 rings (SSSR count). The van der Waals surface area contributed by atoms with Crippen LogP contribution in [0.3, 0.4) is 0 Å². The SMILES string of the molecule is CC1CCN(c2ccc(NC(=O)C3CC(=O)N(c4ccc(F)cc4)C3)cc2)CC1. The molecule has 0 bridgehead atoms. The number of hydrogen-bond donors (Lipinski definition) is 1. The van der Waals surface area contributed by atoms with Crippen LogP contribution in [0.15, 0.2) is 48.5 Å². The van der Waals surface area contributed by atoms with Crippen LogP contribution in [0.2, 0.25) is 0 Å². The predicted molar refractivity (Wildman–Crippen MR) is 113 cm³/mol. The van der Waals surface area contributed by atoms with Gasteiger partial charge in [-0.2, -0.15) is 0 Å². The van der Waals surface area contributed by atoms with Crippen molar-refractivity contribution in [2.24, 2.45) is 11.8 Å². The second kappa shape index (κ2) is 8.23. The van der Waals surface area contributed by atoms with E-state index in [-0.39, 0.29) is 24.1 Å². The second-order valence-corrected chi connectivity index (χ2v) is 8.09. The van der Waals surface area contributed by atoms with E-state index in [1.807, 2.05) is 24.3 Å². The molecule has 6 heteroatoms. The Morgan fingerprint density at radius 2 is 1.62 bits per heavy atom. The standard InChI is InChI=1S/C23H26FN3O2/c1-16-10-12-26(13-11-16)20-8-4-19(5-9-20)25-23(29)17-14-22(28)27(15-17)21-6-2-18(24)3-7-21/h2-9,16-17H,10-15H2,1H3,(H,25,29). The summed E-state index contributed by atoms with van der Waals surface area (Å²) in [6.45, 7) is 4.73. The fourth-order valence-electron chi connectivity index (χ4n) is 4.02. The largest absolute Gasteiger partial charge is 0.372 e. The molecule has 2 amide bonds. The van der Waals surface area contributed by atoms with Crippen molar-refractivity contribution in [2.45, 2.75) is 26.2 Å². The highest BCUT2D eigenvalue weighted by Gasteiger charge is 2.35. The number of amides is 2. The fraction of sp³-hybridized carbons (Fsp3) is 0.391. The van der Waals surface area contributed by atoms with Crippen molar-refractivity contribution in [1.82, 2.24) is 0 Å². The van der Waals surface area contributed by atoms with Crippen molar-refractivity contribution < 1.29 is 14.0 Å². The molecule has 0 radical (unpaired) electrons. The number of carbonyl (C=O) groups is 2. The van der Waals surface area contributed by atoms with E-state index in [0.29, 0.717) is 12.2 Å². The summed E-state index contributed by atoms with van der Waals surface area (Å²) in [5.74, 6) is -0.268. The number of anilines is 3. The summed E-state index contributed by atoms with van der Waals surface area (Å²) in [6.07, 6.45) is 2.57. The molecule has 2 aromatic rings. The summed E-state index contributed by atoms with van der Waals surface area (Å²) >= 11 is 0. The number of rotatable bonds is 4. The van der Waals surface area contributed by atoms with E-state index in [2.05, 4.69) is 17.1 Å². The van der Waals surface area contributed by atoms with Gasteiger partial charge in [-0.3, -0.25) is 9.59 Å². The molecule has 152 valence electrons. The lowest BCUT2D eigenvalue weighted by atomic mass is 9.99. The molecular weight excluding hydrogens is 369 g/mol. The van der Waals surface area contributed by atoms with E-state index >= 15 is 0 Å². The van der Waals surface area contributed by atoms with Gasteiger partial charge in [-0.15, -0.1) is 0 Å². The number of benzene rings is 2. The van der Waals surface area contributed by atoms with Crippen molar-refractivity contribution in [3.05, 3.63) is 54.3 Å². The highest BCUT2D eigenvalue weighted by Crippen LogP contribution is 2.27. The van der Waals surface area contributed by atoms with Crippen LogP contribution in [0.4, 0.5) is 21.5 Å². The van der Waals surface area contributed by atoms with E-state index in [0.717, 1.165) is 24.7 Å². The van der Waals surface area contributed by atoms with Crippen LogP contribution in [0.25, 0.3) is 0 Å². The zero-order valence-corrected chi connectivity index (χ0v) is 16.6. The molecule has 0 saturated carbocycles. The molecule has 1 N–H and O–H groups in total. The van der Waals surface area contributed by atoms with Crippen LogP contribution in [0, 0.1) is 17.7 Å². The number of carbonyl (C=O) groups excluding carboxylic acids is 2. The third kappa shape index (κ3) is 4.42. The van der Waals surface area contributed by atoms with Gasteiger partial charge >= 0.3 is 0 Å². The van der Waals surface area contributed by atoms with E-state index in [1.165, 1.54) is 30.7 Å². The van der Waals surface area contributed by atoms with Crippen molar-refractivity contribution in [1.29, 1.82) is 0 Å². The Balaban J connectivity index is 1.35. The summed E-state index contributed by atoms with van der Waals surface area (Å²) in [5.41, 5.74) is 2.53. The lowest BCUT2D eigenvalue weighted by Gasteiger charge is -2.32. The Labute approximate surface area is 170 Å². The summed E-state index contributed by atoms with van der Waals surface area (Å²) in [5, 5.41) is 2.93. The van der Waals surface area contributed by atoms with Gasteiger partial charge in [0, 0.05) is 43.1 Å². The Morgan fingerprint density at radius 3 is 2.28 bits per heavy atom. The molecule has 2 aromatic carbocycles. The first-order valence-corrected chi connectivity index (χ1v) is 10.2. The molecular formula is C23H26FN3O2. The molecule has 0 spiro atoms. The molecule has 2 fully saturated rings. The van der Waals surface area contributed by atoms with Crippen LogP contribution in [0.1, 0.15) is 26.2 Å². The minimum atomic E-state index is -0.421. The maximum Gasteiger partial charge on any atom is 0.229 e. The van der Waals surface area contributed by atoms with Crippen molar-refractivity contribution >= 4 is 28.9 Å². The summed E-state index contributed by atoms with van der Waals surface area (Å²) < 4.78 is 13.1. The van der Waals surface area contributed by atoms with Gasteiger partial charge in [0.15, 0.2) is 0 Å². The van der Waals surface area contributed by atoms with Crippen LogP contribution in [0.5, 0.6) is 0 Å². The molecule has 2 saturated heterocycles. The van der Waals surface area contributed by atoms with E-state index in [9.17, 15) is 14.0 Å². The Hall–Kier alpha value is -2.89. The normalized spacial score (nSPS) is 20.2. The maximum absolute atomic E-state index is 13.1. The van der Waals surface area contributed by atoms with Crippen LogP contribution in [-0.4, -0.2) is 31.4 Å². The maximum atomic E-state index is 13.1. The highest BCUT2D eigenvalue weighted by atomic mass is 19.1. The zero-order chi connectivity index (χ0) is 20.4. The second-order valence-electron chi connectivity index (χ2n) is 8.09. The fourth-order valence-corrected chi connectivity index (χ4v) is 4.02. The van der Waals surface area contributed by atoms with Crippen molar-refractivity contribution in [2.75, 3.05) is 34.8 Å². The third-order valence-electron chi connectivity index (χ3n) is 5.92. The van der Waals surface area contributed by atoms with Gasteiger partial charge in [0.25, 0.3) is 0 Å². The molecule has 5 nitrogen and oxygen atoms in total. The number of nitrogens with zero attached hydrogens (tertiary/aromatic N) is 2. The quantitative estimate of drug-likeness (QED) is 0.850. The van der Waals surface area contributed by atoms with Crippen molar-refractivity contribution in [3.8, 4) is 0 Å². The van der Waals surface area contributed by atoms with Crippen LogP contribution >= 0.6 is 0 Å². The lowest BCUT2D eigenvalue weighted by molar-refractivity contribution is -0.122. The number of halogens is 1. The molecule has 1 unspecified atom stereocenters. The first kappa shape index (κ1) is 19.4. The van der Waals surface area contributed by atoms with Crippen molar-refractivity contribution in [3.63, 3.8) is 0 Å². The first-order valence-electron chi connectivity index (χ1n) is 10.2. The smallest absolute Gasteiger partial charge is 0.229 e. The summed E-state index contributed by atoms with van der Waals surface area (Å²) in [4.78, 5) is 28.9. The predicted octanol–water partition coefficient (Wildman–Crippen LogP) is 4.05. The van der Waals surface area contributed by atoms with Gasteiger partial charge in [-0.1, -0.05) is 6.92 Å². The number of nitrogens with one attached hydrogen (secondary N) is 1. The highest BCUT2D eigenvalue weighted by molar-refractivity contribution is 6.03. The average molecular weight is 395 g/mol. The summed E-state index contributed by atoms with van der Waals surface area (Å²) in [6, 6.07) is 13.7. The topological polar surface area (TPSA) is 52.7 Å². The van der Waals surface area contributed by atoms with Gasteiger partial charge in [-0.25, -0.2) is 4.39 Å². The molecule has 2 heterocycles. The number of piperidine rings is 1. The Bertz CT molecular complexity index is 874. The van der Waals surface area contributed by atoms with Crippen LogP contribution < -0.4 is 15.1 Å². The Morgan fingerprint density at radius 1 is 1.00 bits per heavy atom. The average Bonchev–Trinajstić information content (AvgIpc) is 3.12. The molecule has 2 aliphatic heterocycles. The van der Waals surface area contributed by atoms with E-state index in [4.69, 9.17) is 0 Å². The van der Waals surface area contributed by atoms with Gasteiger partial charge < -0.3 is 15.1 Å². The molecule has 0 aliphatic carbocycles. The monoisotopic (exact) mass is 395 g/mol. The van der Waals surface area contributed by atoms with E-state index in [1.54, 1.807) is 17.0 Å². The third-order valence-corrected chi connectivity index (χ3v) is 5.92. The first-order chi connectivity index (χ1) is 14.0. The van der Waals surface area contributed by atoms with Gasteiger partial charge in [0.05, 0.1) is 5.92 Å². The van der Waals surface area contributed by atoms with Gasteiger partial charge in [-0.05, 0) is 67.3 Å². The van der Waals surface area contributed by atoms with Crippen LogP contribution in [-0.2, 0) is 9.59 Å².